The van der Waals surface area contributed by atoms with E-state index in [-0.39, 0.29) is 29.4 Å². The first-order chi connectivity index (χ1) is 7.45. The van der Waals surface area contributed by atoms with E-state index in [2.05, 4.69) is 55.3 Å². The monoisotopic (exact) mass is 347 g/mol. The van der Waals surface area contributed by atoms with E-state index in [1.807, 2.05) is 0 Å². The first-order valence-corrected chi connectivity index (χ1v) is 5.49. The van der Waals surface area contributed by atoms with Gasteiger partial charge in [-0.2, -0.15) is 0 Å². The lowest BCUT2D eigenvalue weighted by atomic mass is 9.84. The van der Waals surface area contributed by atoms with Crippen LogP contribution in [-0.2, 0) is 5.41 Å². The summed E-state index contributed by atoms with van der Waals surface area (Å²) in [6, 6.07) is 8.55. The number of rotatable bonds is 3. The molecule has 0 bridgehead atoms. The van der Waals surface area contributed by atoms with E-state index in [4.69, 9.17) is 5.73 Å². The van der Waals surface area contributed by atoms with Crippen molar-refractivity contribution < 1.29 is 0 Å². The Morgan fingerprint density at radius 2 is 2.06 bits per heavy atom. The summed E-state index contributed by atoms with van der Waals surface area (Å²) in [7, 11) is 1.68. The van der Waals surface area contributed by atoms with Gasteiger partial charge in [-0.05, 0) is 12.5 Å². The number of benzene rings is 1. The standard InChI is InChI=1S/C13H21N3.HI/c1-10-6-5-7-11(8-10)13(2,3)9-16-12(14)15-4;/h5-8H,9H2,1-4H3,(H3,14,15,16);1H. The molecule has 0 aliphatic carbocycles. The van der Waals surface area contributed by atoms with Gasteiger partial charge in [-0.15, -0.1) is 24.0 Å². The average Bonchev–Trinajstić information content (AvgIpc) is 2.26. The molecule has 0 atom stereocenters. The quantitative estimate of drug-likeness (QED) is 0.501. The molecular weight excluding hydrogens is 325 g/mol. The van der Waals surface area contributed by atoms with Crippen molar-refractivity contribution in [2.24, 2.45) is 10.7 Å². The Morgan fingerprint density at radius 3 is 2.59 bits per heavy atom. The molecule has 1 aromatic carbocycles. The normalized spacial score (nSPS) is 11.9. The van der Waals surface area contributed by atoms with Crippen LogP contribution in [0.25, 0.3) is 0 Å². The fraction of sp³-hybridized carbons (Fsp3) is 0.462. The highest BCUT2D eigenvalue weighted by atomic mass is 127. The smallest absolute Gasteiger partial charge is 0.188 e. The van der Waals surface area contributed by atoms with Gasteiger partial charge in [0.2, 0.25) is 0 Å². The minimum absolute atomic E-state index is 0. The minimum Gasteiger partial charge on any atom is -0.370 e. The Kier molecular flexibility index (Phi) is 6.52. The second-order valence-corrected chi connectivity index (χ2v) is 4.72. The number of hydrogen-bond donors (Lipinski definition) is 2. The van der Waals surface area contributed by atoms with Crippen LogP contribution in [0.1, 0.15) is 25.0 Å². The number of guanidine groups is 1. The lowest BCUT2D eigenvalue weighted by Crippen LogP contribution is -2.40. The molecule has 3 nitrogen and oxygen atoms in total. The van der Waals surface area contributed by atoms with Crippen LogP contribution in [0.15, 0.2) is 29.3 Å². The van der Waals surface area contributed by atoms with Gasteiger partial charge in [0.25, 0.3) is 0 Å². The largest absolute Gasteiger partial charge is 0.370 e. The van der Waals surface area contributed by atoms with Gasteiger partial charge in [0, 0.05) is 19.0 Å². The summed E-state index contributed by atoms with van der Waals surface area (Å²) < 4.78 is 0. The SMILES string of the molecule is CN=C(N)NCC(C)(C)c1cccc(C)c1.I. The second kappa shape index (κ2) is 6.83. The van der Waals surface area contributed by atoms with E-state index < -0.39 is 0 Å². The van der Waals surface area contributed by atoms with E-state index in [0.717, 1.165) is 6.54 Å². The van der Waals surface area contributed by atoms with Crippen molar-refractivity contribution in [2.45, 2.75) is 26.2 Å². The Hall–Kier alpha value is -0.780. The Bertz CT molecular complexity index is 386. The van der Waals surface area contributed by atoms with Crippen LogP contribution in [-0.4, -0.2) is 19.6 Å². The molecule has 0 saturated heterocycles. The highest BCUT2D eigenvalue weighted by Crippen LogP contribution is 2.22. The van der Waals surface area contributed by atoms with Gasteiger partial charge in [0.05, 0.1) is 0 Å². The number of nitrogens with two attached hydrogens (primary N) is 1. The van der Waals surface area contributed by atoms with Crippen LogP contribution in [0, 0.1) is 6.92 Å². The van der Waals surface area contributed by atoms with Crippen LogP contribution < -0.4 is 11.1 Å². The van der Waals surface area contributed by atoms with Crippen LogP contribution in [0.5, 0.6) is 0 Å². The molecule has 0 fully saturated rings. The Labute approximate surface area is 121 Å². The highest BCUT2D eigenvalue weighted by Gasteiger charge is 2.20. The lowest BCUT2D eigenvalue weighted by Gasteiger charge is -2.26. The van der Waals surface area contributed by atoms with E-state index in [1.165, 1.54) is 11.1 Å². The maximum absolute atomic E-state index is 5.63. The van der Waals surface area contributed by atoms with Gasteiger partial charge in [0.15, 0.2) is 5.96 Å². The van der Waals surface area contributed by atoms with Crippen molar-refractivity contribution in [2.75, 3.05) is 13.6 Å². The molecule has 0 saturated carbocycles. The van der Waals surface area contributed by atoms with Gasteiger partial charge in [-0.3, -0.25) is 4.99 Å². The van der Waals surface area contributed by atoms with Crippen molar-refractivity contribution in [1.82, 2.24) is 5.32 Å². The van der Waals surface area contributed by atoms with Crippen molar-refractivity contribution in [3.63, 3.8) is 0 Å². The molecule has 1 aromatic rings. The summed E-state index contributed by atoms with van der Waals surface area (Å²) in [5.41, 5.74) is 8.26. The third-order valence-electron chi connectivity index (χ3n) is 2.75. The van der Waals surface area contributed by atoms with Crippen molar-refractivity contribution >= 4 is 29.9 Å². The summed E-state index contributed by atoms with van der Waals surface area (Å²) in [5, 5.41) is 3.12. The number of nitrogens with zero attached hydrogens (tertiary/aromatic N) is 1. The third-order valence-corrected chi connectivity index (χ3v) is 2.75. The summed E-state index contributed by atoms with van der Waals surface area (Å²) in [4.78, 5) is 3.89. The molecule has 0 amide bonds. The second-order valence-electron chi connectivity index (χ2n) is 4.72. The number of aryl methyl sites for hydroxylation is 1. The van der Waals surface area contributed by atoms with Gasteiger partial charge < -0.3 is 11.1 Å². The van der Waals surface area contributed by atoms with Crippen molar-refractivity contribution in [3.05, 3.63) is 35.4 Å². The molecule has 96 valence electrons. The summed E-state index contributed by atoms with van der Waals surface area (Å²) >= 11 is 0. The molecule has 0 aliphatic heterocycles. The number of nitrogens with one attached hydrogen (secondary N) is 1. The van der Waals surface area contributed by atoms with E-state index in [0.29, 0.717) is 5.96 Å². The van der Waals surface area contributed by atoms with Crippen LogP contribution >= 0.6 is 24.0 Å². The molecule has 0 radical (unpaired) electrons. The molecule has 3 N–H and O–H groups in total. The zero-order valence-electron chi connectivity index (χ0n) is 10.9. The molecule has 0 spiro atoms. The van der Waals surface area contributed by atoms with Gasteiger partial charge in [-0.25, -0.2) is 0 Å². The van der Waals surface area contributed by atoms with E-state index in [1.54, 1.807) is 7.05 Å². The van der Waals surface area contributed by atoms with E-state index >= 15 is 0 Å². The Balaban J connectivity index is 0.00000256. The topological polar surface area (TPSA) is 50.4 Å². The van der Waals surface area contributed by atoms with Gasteiger partial charge in [-0.1, -0.05) is 43.7 Å². The predicted octanol–water partition coefficient (Wildman–Crippen LogP) is 2.42. The van der Waals surface area contributed by atoms with E-state index in [9.17, 15) is 0 Å². The molecule has 4 heteroatoms. The number of aliphatic imine (C=N–C) groups is 1. The molecule has 0 aromatic heterocycles. The molecule has 0 heterocycles. The first-order valence-electron chi connectivity index (χ1n) is 5.49. The summed E-state index contributed by atoms with van der Waals surface area (Å²) in [5.74, 6) is 0.487. The van der Waals surface area contributed by atoms with Crippen LogP contribution in [0.4, 0.5) is 0 Å². The van der Waals surface area contributed by atoms with Crippen molar-refractivity contribution in [3.8, 4) is 0 Å². The zero-order valence-corrected chi connectivity index (χ0v) is 13.3. The minimum atomic E-state index is 0. The predicted molar refractivity (Wildman–Crippen MR) is 85.2 cm³/mol. The van der Waals surface area contributed by atoms with Crippen LogP contribution in [0.2, 0.25) is 0 Å². The van der Waals surface area contributed by atoms with Gasteiger partial charge >= 0.3 is 0 Å². The molecular formula is C13H22IN3. The molecule has 1 rings (SSSR count). The average molecular weight is 347 g/mol. The maximum Gasteiger partial charge on any atom is 0.188 e. The first kappa shape index (κ1) is 16.2. The fourth-order valence-electron chi connectivity index (χ4n) is 1.56. The highest BCUT2D eigenvalue weighted by molar-refractivity contribution is 14.0. The molecule has 0 unspecified atom stereocenters. The molecule has 17 heavy (non-hydrogen) atoms. The fourth-order valence-corrected chi connectivity index (χ4v) is 1.56. The maximum atomic E-state index is 5.63. The summed E-state index contributed by atoms with van der Waals surface area (Å²) in [6.45, 7) is 7.27. The van der Waals surface area contributed by atoms with Gasteiger partial charge in [0.1, 0.15) is 0 Å². The van der Waals surface area contributed by atoms with Crippen LogP contribution in [0.3, 0.4) is 0 Å². The van der Waals surface area contributed by atoms with Crippen molar-refractivity contribution in [1.29, 1.82) is 0 Å². The lowest BCUT2D eigenvalue weighted by molar-refractivity contribution is 0.511. The number of halogens is 1. The summed E-state index contributed by atoms with van der Waals surface area (Å²) in [6.07, 6.45) is 0. The number of hydrogen-bond acceptors (Lipinski definition) is 1. The molecule has 0 aliphatic rings. The zero-order chi connectivity index (χ0) is 12.2. The Morgan fingerprint density at radius 1 is 1.41 bits per heavy atom. The third kappa shape index (κ3) is 4.93.